The van der Waals surface area contributed by atoms with Gasteiger partial charge < -0.3 is 0 Å². The van der Waals surface area contributed by atoms with Gasteiger partial charge in [-0.2, -0.15) is 0 Å². The molecule has 27 heavy (non-hydrogen) atoms. The van der Waals surface area contributed by atoms with E-state index in [0.717, 1.165) is 17.5 Å². The van der Waals surface area contributed by atoms with Crippen molar-refractivity contribution in [2.45, 2.75) is 18.2 Å². The predicted molar refractivity (Wildman–Crippen MR) is 101 cm³/mol. The van der Waals surface area contributed by atoms with Gasteiger partial charge in [-0.25, -0.2) is 12.8 Å². The van der Waals surface area contributed by atoms with Crippen molar-refractivity contribution in [2.24, 2.45) is 0 Å². The Hall–Kier alpha value is -2.85. The Morgan fingerprint density at radius 3 is 2.44 bits per heavy atom. The average molecular weight is 406 g/mol. The summed E-state index contributed by atoms with van der Waals surface area (Å²) < 4.78 is 40.6. The summed E-state index contributed by atoms with van der Waals surface area (Å²) in [5.74, 6) is -1.11. The van der Waals surface area contributed by atoms with Crippen LogP contribution in [0.15, 0.2) is 53.4 Å². The zero-order valence-electron chi connectivity index (χ0n) is 14.1. The molecule has 3 aromatic rings. The molecule has 0 saturated carbocycles. The van der Waals surface area contributed by atoms with Crippen LogP contribution in [0.1, 0.15) is 22.3 Å². The molecular weight excluding hydrogens is 391 g/mol. The number of sulfonamides is 1. The van der Waals surface area contributed by atoms with Crippen LogP contribution in [0.5, 0.6) is 0 Å². The molecule has 0 radical (unpaired) electrons. The molecule has 1 amide bonds. The molecule has 0 saturated heterocycles. The minimum Gasteiger partial charge on any atom is -0.296 e. The Morgan fingerprint density at radius 1 is 1.11 bits per heavy atom. The van der Waals surface area contributed by atoms with Crippen LogP contribution in [0.3, 0.4) is 0 Å². The zero-order valence-corrected chi connectivity index (χ0v) is 15.8. The number of aromatic nitrogens is 2. The van der Waals surface area contributed by atoms with Gasteiger partial charge in [0.25, 0.3) is 15.9 Å². The molecule has 1 aromatic heterocycles. The van der Waals surface area contributed by atoms with Crippen LogP contribution in [0, 0.1) is 5.82 Å². The molecule has 0 aliphatic rings. The highest BCUT2D eigenvalue weighted by atomic mass is 32.2. The summed E-state index contributed by atoms with van der Waals surface area (Å²) >= 11 is 1.27. The first-order valence-corrected chi connectivity index (χ1v) is 10.2. The van der Waals surface area contributed by atoms with Crippen LogP contribution in [0.25, 0.3) is 0 Å². The summed E-state index contributed by atoms with van der Waals surface area (Å²) in [6.07, 6.45) is 0.717. The number of benzene rings is 2. The van der Waals surface area contributed by atoms with Gasteiger partial charge in [-0.05, 0) is 42.8 Å². The first kappa shape index (κ1) is 18.9. The first-order chi connectivity index (χ1) is 12.9. The number of para-hydroxylation sites is 1. The van der Waals surface area contributed by atoms with Crippen molar-refractivity contribution in [3.05, 3.63) is 64.9 Å². The third-order valence-corrected chi connectivity index (χ3v) is 5.90. The molecule has 2 aromatic carbocycles. The average Bonchev–Trinajstić information content (AvgIpc) is 3.11. The second-order valence-corrected chi connectivity index (χ2v) is 8.16. The zero-order chi connectivity index (χ0) is 19.4. The summed E-state index contributed by atoms with van der Waals surface area (Å²) in [5.41, 5.74) is 0.107. The van der Waals surface area contributed by atoms with Gasteiger partial charge in [0, 0.05) is 5.56 Å². The molecular formula is C17H15FN4O3S2. The maximum atomic E-state index is 13.7. The number of nitrogens with one attached hydrogen (secondary N) is 2. The molecule has 0 aliphatic carbocycles. The van der Waals surface area contributed by atoms with Crippen LogP contribution in [-0.2, 0) is 16.4 Å². The topological polar surface area (TPSA) is 101 Å². The van der Waals surface area contributed by atoms with Crippen LogP contribution >= 0.6 is 11.3 Å². The minimum atomic E-state index is -3.98. The lowest BCUT2D eigenvalue weighted by molar-refractivity contribution is 0.102. The number of carbonyl (C=O) groups excluding carboxylic acids is 1. The minimum absolute atomic E-state index is 0.0912. The van der Waals surface area contributed by atoms with Gasteiger partial charge in [0.1, 0.15) is 10.8 Å². The lowest BCUT2D eigenvalue weighted by Gasteiger charge is -2.09. The number of nitrogens with zero attached hydrogens (tertiary/aromatic N) is 2. The van der Waals surface area contributed by atoms with Crippen LogP contribution in [0.2, 0.25) is 0 Å². The summed E-state index contributed by atoms with van der Waals surface area (Å²) in [6, 6.07) is 10.7. The number of rotatable bonds is 6. The third kappa shape index (κ3) is 4.47. The van der Waals surface area contributed by atoms with Crippen molar-refractivity contribution in [1.29, 1.82) is 0 Å². The third-order valence-electron chi connectivity index (χ3n) is 3.53. The molecule has 1 heterocycles. The largest absolute Gasteiger partial charge is 0.296 e. The number of hydrogen-bond donors (Lipinski definition) is 2. The fourth-order valence-corrected chi connectivity index (χ4v) is 3.89. The number of anilines is 2. The maximum absolute atomic E-state index is 13.7. The van der Waals surface area contributed by atoms with E-state index in [4.69, 9.17) is 0 Å². The number of halogens is 1. The Labute approximate surface area is 159 Å². The maximum Gasteiger partial charge on any atom is 0.261 e. The first-order valence-electron chi connectivity index (χ1n) is 7.90. The molecule has 140 valence electrons. The van der Waals surface area contributed by atoms with Gasteiger partial charge in [0.2, 0.25) is 5.13 Å². The molecule has 0 spiro atoms. The standard InChI is InChI=1S/C17H15FN4O3S2/c1-2-15-20-21-17(26-15)19-16(23)11-7-9-12(10-8-11)27(24,25)22-14-6-4-3-5-13(14)18/h3-10,22H,2H2,1H3,(H,19,21,23). The number of aryl methyl sites for hydroxylation is 1. The van der Waals surface area contributed by atoms with Crippen LogP contribution in [0.4, 0.5) is 15.2 Å². The van der Waals surface area contributed by atoms with Gasteiger partial charge in [-0.1, -0.05) is 30.4 Å². The van der Waals surface area contributed by atoms with E-state index < -0.39 is 21.7 Å². The fraction of sp³-hybridized carbons (Fsp3) is 0.118. The summed E-state index contributed by atoms with van der Waals surface area (Å²) in [5, 5.41) is 11.5. The molecule has 2 N–H and O–H groups in total. The van der Waals surface area contributed by atoms with E-state index in [2.05, 4.69) is 20.2 Å². The van der Waals surface area contributed by atoms with E-state index in [1.54, 1.807) is 0 Å². The Bertz CT molecular complexity index is 1070. The SMILES string of the molecule is CCc1nnc(NC(=O)c2ccc(S(=O)(=O)Nc3ccccc3F)cc2)s1. The lowest BCUT2D eigenvalue weighted by atomic mass is 10.2. The van der Waals surface area contributed by atoms with Crippen LogP contribution < -0.4 is 10.0 Å². The number of carbonyl (C=O) groups is 1. The summed E-state index contributed by atoms with van der Waals surface area (Å²) in [4.78, 5) is 12.1. The highest BCUT2D eigenvalue weighted by Crippen LogP contribution is 2.20. The van der Waals surface area contributed by atoms with E-state index in [1.807, 2.05) is 6.92 Å². The van der Waals surface area contributed by atoms with E-state index in [0.29, 0.717) is 5.13 Å². The molecule has 10 heteroatoms. The van der Waals surface area contributed by atoms with Gasteiger partial charge in [-0.15, -0.1) is 10.2 Å². The highest BCUT2D eigenvalue weighted by molar-refractivity contribution is 7.92. The Balaban J connectivity index is 1.74. The Kier molecular flexibility index (Phi) is 5.47. The molecule has 7 nitrogen and oxygen atoms in total. The van der Waals surface area contributed by atoms with Crippen molar-refractivity contribution < 1.29 is 17.6 Å². The second kappa shape index (κ2) is 7.80. The van der Waals surface area contributed by atoms with Crippen LogP contribution in [-0.4, -0.2) is 24.5 Å². The van der Waals surface area contributed by atoms with E-state index >= 15 is 0 Å². The smallest absolute Gasteiger partial charge is 0.261 e. The van der Waals surface area contributed by atoms with E-state index in [1.165, 1.54) is 53.8 Å². The normalized spacial score (nSPS) is 11.2. The van der Waals surface area contributed by atoms with Gasteiger partial charge >= 0.3 is 0 Å². The highest BCUT2D eigenvalue weighted by Gasteiger charge is 2.17. The van der Waals surface area contributed by atoms with Gasteiger partial charge in [-0.3, -0.25) is 14.8 Å². The second-order valence-electron chi connectivity index (χ2n) is 5.42. The van der Waals surface area contributed by atoms with Crippen molar-refractivity contribution in [1.82, 2.24) is 10.2 Å². The number of hydrogen-bond acceptors (Lipinski definition) is 6. The van der Waals surface area contributed by atoms with Crippen molar-refractivity contribution in [3.63, 3.8) is 0 Å². The fourth-order valence-electron chi connectivity index (χ4n) is 2.15. The summed E-state index contributed by atoms with van der Waals surface area (Å²) in [6.45, 7) is 1.93. The molecule has 3 rings (SSSR count). The molecule has 0 fully saturated rings. The molecule has 0 atom stereocenters. The lowest BCUT2D eigenvalue weighted by Crippen LogP contribution is -2.15. The predicted octanol–water partition coefficient (Wildman–Crippen LogP) is 3.29. The van der Waals surface area contributed by atoms with Gasteiger partial charge in [0.15, 0.2) is 0 Å². The number of amides is 1. The van der Waals surface area contributed by atoms with Gasteiger partial charge in [0.05, 0.1) is 10.6 Å². The Morgan fingerprint density at radius 2 is 1.81 bits per heavy atom. The quantitative estimate of drug-likeness (QED) is 0.654. The molecule has 0 bridgehead atoms. The monoisotopic (exact) mass is 406 g/mol. The van der Waals surface area contributed by atoms with Crippen molar-refractivity contribution in [2.75, 3.05) is 10.0 Å². The van der Waals surface area contributed by atoms with Crippen molar-refractivity contribution >= 4 is 38.1 Å². The van der Waals surface area contributed by atoms with E-state index in [9.17, 15) is 17.6 Å². The van der Waals surface area contributed by atoms with E-state index in [-0.39, 0.29) is 16.1 Å². The molecule has 0 unspecified atom stereocenters. The molecule has 0 aliphatic heterocycles. The van der Waals surface area contributed by atoms with Crippen molar-refractivity contribution in [3.8, 4) is 0 Å². The summed E-state index contributed by atoms with van der Waals surface area (Å²) in [7, 11) is -3.98.